The Morgan fingerprint density at radius 2 is 1.87 bits per heavy atom. The van der Waals surface area contributed by atoms with Gasteiger partial charge in [-0.05, 0) is 42.5 Å². The molecule has 31 heavy (non-hydrogen) atoms. The van der Waals surface area contributed by atoms with Crippen LogP contribution in [0.15, 0.2) is 42.5 Å². The Hall–Kier alpha value is -3.45. The molecule has 0 fully saturated rings. The number of carbonyl (C=O) groups excluding carboxylic acids is 3. The minimum atomic E-state index is -0.486. The number of anilines is 1. The van der Waals surface area contributed by atoms with Crippen molar-refractivity contribution in [2.24, 2.45) is 0 Å². The molecule has 158 valence electrons. The molecule has 0 unspecified atom stereocenters. The second-order valence-electron chi connectivity index (χ2n) is 7.30. The van der Waals surface area contributed by atoms with E-state index in [-0.39, 0.29) is 18.4 Å². The van der Waals surface area contributed by atoms with Gasteiger partial charge in [0, 0.05) is 59.4 Å². The minimum Gasteiger partial charge on any atom is -0.465 e. The molecule has 1 N–H and O–H groups in total. The molecule has 1 aliphatic rings. The SMILES string of the molecule is COC(=O)c1c2c(nc3ccc(Cl)cc13)CCN(C(=O)c1ccc(NC(C)=O)cc1)C2. The number of benzene rings is 2. The maximum absolute atomic E-state index is 13.1. The van der Waals surface area contributed by atoms with Crippen molar-refractivity contribution in [3.8, 4) is 0 Å². The summed E-state index contributed by atoms with van der Waals surface area (Å²) in [5, 5.41) is 3.77. The van der Waals surface area contributed by atoms with E-state index in [0.717, 1.165) is 5.69 Å². The molecule has 0 radical (unpaired) electrons. The number of hydrogen-bond donors (Lipinski definition) is 1. The standard InChI is InChI=1S/C23H20ClN3O4/c1-13(28)25-16-6-3-14(4-7-16)22(29)27-10-9-20-18(12-27)21(23(30)31-2)17-11-15(24)5-8-19(17)26-20/h3-8,11H,9-10,12H2,1-2H3,(H,25,28). The van der Waals surface area contributed by atoms with Gasteiger partial charge in [0.2, 0.25) is 5.91 Å². The molecule has 0 bridgehead atoms. The van der Waals surface area contributed by atoms with Crippen molar-refractivity contribution in [2.75, 3.05) is 19.0 Å². The summed E-state index contributed by atoms with van der Waals surface area (Å²) in [4.78, 5) is 43.3. The third-order valence-corrected chi connectivity index (χ3v) is 5.47. The van der Waals surface area contributed by atoms with E-state index in [0.29, 0.717) is 51.3 Å². The van der Waals surface area contributed by atoms with Gasteiger partial charge < -0.3 is 15.0 Å². The fourth-order valence-electron chi connectivity index (χ4n) is 3.80. The van der Waals surface area contributed by atoms with Crippen LogP contribution in [0.1, 0.15) is 38.9 Å². The average Bonchev–Trinajstić information content (AvgIpc) is 2.76. The fourth-order valence-corrected chi connectivity index (χ4v) is 3.98. The first-order valence-electron chi connectivity index (χ1n) is 9.73. The Labute approximate surface area is 184 Å². The van der Waals surface area contributed by atoms with Crippen molar-refractivity contribution in [1.82, 2.24) is 9.88 Å². The monoisotopic (exact) mass is 437 g/mol. The highest BCUT2D eigenvalue weighted by molar-refractivity contribution is 6.31. The lowest BCUT2D eigenvalue weighted by Gasteiger charge is -2.30. The number of halogens is 1. The second-order valence-corrected chi connectivity index (χ2v) is 7.74. The number of methoxy groups -OCH3 is 1. The summed E-state index contributed by atoms with van der Waals surface area (Å²) in [6.07, 6.45) is 0.521. The molecule has 3 aromatic rings. The molecule has 7 nitrogen and oxygen atoms in total. The maximum atomic E-state index is 13.1. The fraction of sp³-hybridized carbons (Fsp3) is 0.217. The molecule has 2 aromatic carbocycles. The Morgan fingerprint density at radius 1 is 1.13 bits per heavy atom. The van der Waals surface area contributed by atoms with E-state index < -0.39 is 5.97 Å². The smallest absolute Gasteiger partial charge is 0.338 e. The molecule has 0 saturated carbocycles. The van der Waals surface area contributed by atoms with E-state index in [2.05, 4.69) is 5.32 Å². The number of pyridine rings is 1. The average molecular weight is 438 g/mol. The van der Waals surface area contributed by atoms with Crippen molar-refractivity contribution < 1.29 is 19.1 Å². The highest BCUT2D eigenvalue weighted by atomic mass is 35.5. The van der Waals surface area contributed by atoms with Gasteiger partial charge in [0.25, 0.3) is 5.91 Å². The van der Waals surface area contributed by atoms with Crippen LogP contribution in [0.5, 0.6) is 0 Å². The number of aromatic nitrogens is 1. The van der Waals surface area contributed by atoms with E-state index >= 15 is 0 Å². The van der Waals surface area contributed by atoms with Crippen molar-refractivity contribution in [2.45, 2.75) is 19.9 Å². The molecule has 2 amide bonds. The van der Waals surface area contributed by atoms with Crippen LogP contribution in [0, 0.1) is 0 Å². The van der Waals surface area contributed by atoms with E-state index in [1.165, 1.54) is 14.0 Å². The van der Waals surface area contributed by atoms with Crippen LogP contribution in [0.2, 0.25) is 5.02 Å². The number of fused-ring (bicyclic) bond motifs is 2. The molecule has 1 aromatic heterocycles. The molecular formula is C23H20ClN3O4. The molecule has 4 rings (SSSR count). The summed E-state index contributed by atoms with van der Waals surface area (Å²) < 4.78 is 5.03. The highest BCUT2D eigenvalue weighted by Crippen LogP contribution is 2.31. The largest absolute Gasteiger partial charge is 0.465 e. The lowest BCUT2D eigenvalue weighted by molar-refractivity contribution is -0.114. The summed E-state index contributed by atoms with van der Waals surface area (Å²) in [5.74, 6) is -0.830. The summed E-state index contributed by atoms with van der Waals surface area (Å²) in [5.41, 5.74) is 3.62. The molecule has 0 aliphatic carbocycles. The van der Waals surface area contributed by atoms with Crippen molar-refractivity contribution in [1.29, 1.82) is 0 Å². The molecule has 0 spiro atoms. The van der Waals surface area contributed by atoms with Gasteiger partial charge in [-0.3, -0.25) is 14.6 Å². The predicted molar refractivity (Wildman–Crippen MR) is 117 cm³/mol. The third kappa shape index (κ3) is 4.09. The quantitative estimate of drug-likeness (QED) is 0.629. The van der Waals surface area contributed by atoms with Gasteiger partial charge in [-0.15, -0.1) is 0 Å². The molecule has 8 heteroatoms. The van der Waals surface area contributed by atoms with Gasteiger partial charge in [-0.25, -0.2) is 4.79 Å². The molecule has 1 aliphatic heterocycles. The number of nitrogens with one attached hydrogen (secondary N) is 1. The first-order chi connectivity index (χ1) is 14.9. The van der Waals surface area contributed by atoms with Gasteiger partial charge in [-0.1, -0.05) is 11.6 Å². The normalized spacial score (nSPS) is 12.9. The van der Waals surface area contributed by atoms with Crippen LogP contribution in [0.25, 0.3) is 10.9 Å². The minimum absolute atomic E-state index is 0.165. The van der Waals surface area contributed by atoms with Crippen molar-refractivity contribution >= 4 is 46.0 Å². The number of nitrogens with zero attached hydrogens (tertiary/aromatic N) is 2. The second kappa shape index (κ2) is 8.35. The molecule has 2 heterocycles. The number of amides is 2. The number of esters is 1. The van der Waals surface area contributed by atoms with Crippen molar-refractivity contribution in [3.63, 3.8) is 0 Å². The van der Waals surface area contributed by atoms with Gasteiger partial charge in [0.1, 0.15) is 0 Å². The number of rotatable bonds is 3. The first kappa shape index (κ1) is 20.8. The summed E-state index contributed by atoms with van der Waals surface area (Å²) >= 11 is 6.15. The number of ether oxygens (including phenoxy) is 1. The van der Waals surface area contributed by atoms with Crippen LogP contribution in [-0.4, -0.2) is 41.3 Å². The van der Waals surface area contributed by atoms with E-state index in [1.54, 1.807) is 47.4 Å². The summed E-state index contributed by atoms with van der Waals surface area (Å²) in [6.45, 7) is 2.14. The summed E-state index contributed by atoms with van der Waals surface area (Å²) in [7, 11) is 1.33. The van der Waals surface area contributed by atoms with Crippen LogP contribution in [0.4, 0.5) is 5.69 Å². The first-order valence-corrected chi connectivity index (χ1v) is 10.1. The highest BCUT2D eigenvalue weighted by Gasteiger charge is 2.29. The van der Waals surface area contributed by atoms with E-state index in [1.807, 2.05) is 0 Å². The Kier molecular flexibility index (Phi) is 5.61. The topological polar surface area (TPSA) is 88.6 Å². The van der Waals surface area contributed by atoms with E-state index in [4.69, 9.17) is 21.3 Å². The van der Waals surface area contributed by atoms with Crippen LogP contribution < -0.4 is 5.32 Å². The maximum Gasteiger partial charge on any atom is 0.338 e. The lowest BCUT2D eigenvalue weighted by Crippen LogP contribution is -2.37. The Morgan fingerprint density at radius 3 is 2.55 bits per heavy atom. The zero-order valence-corrected chi connectivity index (χ0v) is 17.8. The Balaban J connectivity index is 1.69. The van der Waals surface area contributed by atoms with Crippen LogP contribution in [0.3, 0.4) is 0 Å². The number of hydrogen-bond acceptors (Lipinski definition) is 5. The predicted octanol–water partition coefficient (Wildman–Crippen LogP) is 3.83. The molecule has 0 atom stereocenters. The zero-order chi connectivity index (χ0) is 22.1. The summed E-state index contributed by atoms with van der Waals surface area (Å²) in [6, 6.07) is 11.9. The van der Waals surface area contributed by atoms with E-state index in [9.17, 15) is 14.4 Å². The Bertz CT molecular complexity index is 1210. The van der Waals surface area contributed by atoms with Crippen molar-refractivity contribution in [3.05, 3.63) is 69.9 Å². The molecular weight excluding hydrogens is 418 g/mol. The van der Waals surface area contributed by atoms with Gasteiger partial charge in [0.15, 0.2) is 0 Å². The zero-order valence-electron chi connectivity index (χ0n) is 17.1. The van der Waals surface area contributed by atoms with Gasteiger partial charge in [-0.2, -0.15) is 0 Å². The van der Waals surface area contributed by atoms with Gasteiger partial charge in [0.05, 0.1) is 18.2 Å². The number of carbonyl (C=O) groups is 3. The third-order valence-electron chi connectivity index (χ3n) is 5.23. The van der Waals surface area contributed by atoms with Crippen LogP contribution >= 0.6 is 11.6 Å². The lowest BCUT2D eigenvalue weighted by atomic mass is 9.95. The van der Waals surface area contributed by atoms with Gasteiger partial charge >= 0.3 is 5.97 Å². The van der Waals surface area contributed by atoms with Crippen LogP contribution in [-0.2, 0) is 22.5 Å². The molecule has 0 saturated heterocycles.